The Morgan fingerprint density at radius 2 is 2.00 bits per heavy atom. The van der Waals surface area contributed by atoms with Gasteiger partial charge in [-0.05, 0) is 52.2 Å². The van der Waals surface area contributed by atoms with Gasteiger partial charge in [0.1, 0.15) is 5.76 Å². The molecule has 22 heavy (non-hydrogen) atoms. The normalized spacial score (nSPS) is 13.9. The largest absolute Gasteiger partial charge is 0.361 e. The zero-order valence-corrected chi connectivity index (χ0v) is 14.9. The summed E-state index contributed by atoms with van der Waals surface area (Å²) in [5, 5.41) is 7.06. The molecule has 2 atom stereocenters. The summed E-state index contributed by atoms with van der Waals surface area (Å²) in [7, 11) is 0. The van der Waals surface area contributed by atoms with E-state index in [2.05, 4.69) is 30.4 Å². The zero-order chi connectivity index (χ0) is 16.4. The lowest BCUT2D eigenvalue weighted by molar-refractivity contribution is -0.122. The quantitative estimate of drug-likeness (QED) is 0.891. The fourth-order valence-electron chi connectivity index (χ4n) is 3.03. The number of amides is 1. The Bertz CT molecular complexity index is 653. The van der Waals surface area contributed by atoms with Gasteiger partial charge in [0.2, 0.25) is 5.91 Å². The van der Waals surface area contributed by atoms with Crippen LogP contribution in [0, 0.1) is 27.7 Å². The van der Waals surface area contributed by atoms with Gasteiger partial charge in [-0.2, -0.15) is 0 Å². The molecule has 5 heteroatoms. The van der Waals surface area contributed by atoms with E-state index in [9.17, 15) is 4.79 Å². The molecule has 1 amide bonds. The van der Waals surface area contributed by atoms with Crippen molar-refractivity contribution in [2.24, 2.45) is 0 Å². The third-order valence-corrected chi connectivity index (χ3v) is 4.98. The summed E-state index contributed by atoms with van der Waals surface area (Å²) < 4.78 is 5.19. The van der Waals surface area contributed by atoms with E-state index in [1.807, 2.05) is 27.7 Å². The number of rotatable bonds is 5. The van der Waals surface area contributed by atoms with Crippen molar-refractivity contribution in [2.75, 3.05) is 0 Å². The highest BCUT2D eigenvalue weighted by Gasteiger charge is 2.21. The molecule has 2 rings (SSSR count). The topological polar surface area (TPSA) is 55.1 Å². The van der Waals surface area contributed by atoms with Crippen LogP contribution in [0.25, 0.3) is 0 Å². The second kappa shape index (κ2) is 6.65. The molecule has 0 saturated heterocycles. The van der Waals surface area contributed by atoms with Gasteiger partial charge in [-0.1, -0.05) is 12.1 Å². The molecule has 0 radical (unpaired) electrons. The minimum absolute atomic E-state index is 0.0364. The second-order valence-electron chi connectivity index (χ2n) is 6.00. The fraction of sp³-hybridized carbons (Fsp3) is 0.529. The number of hydrogen-bond donors (Lipinski definition) is 1. The van der Waals surface area contributed by atoms with Crippen LogP contribution in [0.2, 0.25) is 0 Å². The molecule has 0 aliphatic carbocycles. The number of carbonyl (C=O) groups is 1. The Morgan fingerprint density at radius 1 is 1.32 bits per heavy atom. The molecule has 2 aromatic rings. The lowest BCUT2D eigenvalue weighted by Crippen LogP contribution is -2.27. The number of aryl methyl sites for hydroxylation is 4. The van der Waals surface area contributed by atoms with Gasteiger partial charge in [0.05, 0.1) is 11.7 Å². The van der Waals surface area contributed by atoms with E-state index in [-0.39, 0.29) is 17.9 Å². The third kappa shape index (κ3) is 3.58. The Morgan fingerprint density at radius 3 is 2.50 bits per heavy atom. The van der Waals surface area contributed by atoms with Crippen LogP contribution in [0.1, 0.15) is 64.6 Å². The zero-order valence-electron chi connectivity index (χ0n) is 14.1. The van der Waals surface area contributed by atoms with E-state index in [0.29, 0.717) is 6.42 Å². The smallest absolute Gasteiger partial charge is 0.221 e. The highest BCUT2D eigenvalue weighted by atomic mass is 32.1. The number of thiophene rings is 1. The van der Waals surface area contributed by atoms with Crippen LogP contribution in [0.15, 0.2) is 10.6 Å². The molecule has 120 valence electrons. The van der Waals surface area contributed by atoms with Crippen LogP contribution < -0.4 is 5.32 Å². The first-order valence-corrected chi connectivity index (χ1v) is 8.40. The minimum atomic E-state index is 0.0364. The van der Waals surface area contributed by atoms with Crippen molar-refractivity contribution in [3.8, 4) is 0 Å². The molecule has 4 nitrogen and oxygen atoms in total. The Kier molecular flexibility index (Phi) is 5.06. The highest BCUT2D eigenvalue weighted by molar-refractivity contribution is 7.12. The molecule has 0 aliphatic heterocycles. The maximum absolute atomic E-state index is 12.3. The Balaban J connectivity index is 1.99. The van der Waals surface area contributed by atoms with Crippen LogP contribution in [-0.2, 0) is 4.79 Å². The van der Waals surface area contributed by atoms with Crippen LogP contribution in [0.4, 0.5) is 0 Å². The average molecular weight is 320 g/mol. The van der Waals surface area contributed by atoms with Crippen molar-refractivity contribution >= 4 is 17.2 Å². The van der Waals surface area contributed by atoms with Gasteiger partial charge in [0.15, 0.2) is 0 Å². The van der Waals surface area contributed by atoms with E-state index in [0.717, 1.165) is 17.0 Å². The van der Waals surface area contributed by atoms with Crippen molar-refractivity contribution in [3.63, 3.8) is 0 Å². The summed E-state index contributed by atoms with van der Waals surface area (Å²) in [6.45, 7) is 12.1. The lowest BCUT2D eigenvalue weighted by Gasteiger charge is -2.16. The number of carbonyl (C=O) groups excluding carboxylic acids is 1. The predicted octanol–water partition coefficient (Wildman–Crippen LogP) is 4.34. The van der Waals surface area contributed by atoms with E-state index >= 15 is 0 Å². The van der Waals surface area contributed by atoms with Crippen molar-refractivity contribution in [2.45, 2.75) is 59.9 Å². The van der Waals surface area contributed by atoms with Gasteiger partial charge >= 0.3 is 0 Å². The summed E-state index contributed by atoms with van der Waals surface area (Å²) in [6.07, 6.45) is 0.440. The van der Waals surface area contributed by atoms with Crippen LogP contribution >= 0.6 is 11.3 Å². The van der Waals surface area contributed by atoms with E-state index in [4.69, 9.17) is 4.52 Å². The van der Waals surface area contributed by atoms with Crippen molar-refractivity contribution in [3.05, 3.63) is 38.4 Å². The van der Waals surface area contributed by atoms with Crippen molar-refractivity contribution < 1.29 is 9.32 Å². The number of aromatic nitrogens is 1. The first kappa shape index (κ1) is 16.7. The van der Waals surface area contributed by atoms with Crippen molar-refractivity contribution in [1.82, 2.24) is 10.5 Å². The van der Waals surface area contributed by atoms with Gasteiger partial charge in [-0.15, -0.1) is 11.3 Å². The molecule has 2 unspecified atom stereocenters. The SMILES string of the molecule is Cc1cc(C(C)NC(=O)CC(C)c2c(C)noc2C)c(C)s1. The van der Waals surface area contributed by atoms with Crippen LogP contribution in [-0.4, -0.2) is 11.1 Å². The van der Waals surface area contributed by atoms with Gasteiger partial charge in [0.25, 0.3) is 0 Å². The van der Waals surface area contributed by atoms with Gasteiger partial charge in [-0.3, -0.25) is 4.79 Å². The molecule has 0 bridgehead atoms. The first-order chi connectivity index (χ1) is 10.3. The molecule has 0 aliphatic rings. The summed E-state index contributed by atoms with van der Waals surface area (Å²) in [4.78, 5) is 14.9. The fourth-order valence-corrected chi connectivity index (χ4v) is 4.05. The molecule has 2 aromatic heterocycles. The van der Waals surface area contributed by atoms with Crippen molar-refractivity contribution in [1.29, 1.82) is 0 Å². The predicted molar refractivity (Wildman–Crippen MR) is 89.4 cm³/mol. The second-order valence-corrected chi connectivity index (χ2v) is 7.46. The summed E-state index contributed by atoms with van der Waals surface area (Å²) in [6, 6.07) is 2.19. The lowest BCUT2D eigenvalue weighted by atomic mass is 9.95. The monoisotopic (exact) mass is 320 g/mol. The standard InChI is InChI=1S/C17H24N2O2S/c1-9(17-12(4)19-21-13(17)5)7-16(20)18-11(3)15-8-10(2)22-14(15)6/h8-9,11H,7H2,1-6H3,(H,18,20). The van der Waals surface area contributed by atoms with Crippen LogP contribution in [0.3, 0.4) is 0 Å². The molecule has 0 saturated carbocycles. The number of nitrogens with one attached hydrogen (secondary N) is 1. The number of hydrogen-bond acceptors (Lipinski definition) is 4. The number of nitrogens with zero attached hydrogens (tertiary/aromatic N) is 1. The van der Waals surface area contributed by atoms with E-state index in [1.165, 1.54) is 15.3 Å². The van der Waals surface area contributed by atoms with Gasteiger partial charge in [0, 0.05) is 21.7 Å². The Labute approximate surface area is 135 Å². The van der Waals surface area contributed by atoms with E-state index < -0.39 is 0 Å². The van der Waals surface area contributed by atoms with E-state index in [1.54, 1.807) is 11.3 Å². The molecule has 0 fully saturated rings. The van der Waals surface area contributed by atoms with Gasteiger partial charge < -0.3 is 9.84 Å². The Hall–Kier alpha value is -1.62. The highest BCUT2D eigenvalue weighted by Crippen LogP contribution is 2.28. The van der Waals surface area contributed by atoms with Crippen LogP contribution in [0.5, 0.6) is 0 Å². The average Bonchev–Trinajstić information content (AvgIpc) is 2.91. The molecule has 2 heterocycles. The molecular weight excluding hydrogens is 296 g/mol. The molecule has 1 N–H and O–H groups in total. The summed E-state index contributed by atoms with van der Waals surface area (Å²) in [5.74, 6) is 0.960. The third-order valence-electron chi connectivity index (χ3n) is 4.00. The molecular formula is C17H24N2O2S. The molecule has 0 aromatic carbocycles. The maximum Gasteiger partial charge on any atom is 0.221 e. The summed E-state index contributed by atoms with van der Waals surface area (Å²) in [5.41, 5.74) is 3.13. The molecule has 0 spiro atoms. The maximum atomic E-state index is 12.3. The first-order valence-electron chi connectivity index (χ1n) is 7.58. The summed E-state index contributed by atoms with van der Waals surface area (Å²) >= 11 is 1.77. The minimum Gasteiger partial charge on any atom is -0.361 e. The van der Waals surface area contributed by atoms with Gasteiger partial charge in [-0.25, -0.2) is 0 Å².